The topological polar surface area (TPSA) is 343 Å². The summed E-state index contributed by atoms with van der Waals surface area (Å²) in [4.78, 5) is -5.75. The van der Waals surface area contributed by atoms with Crippen LogP contribution in [0.5, 0.6) is 0 Å². The minimum absolute atomic E-state index is 0. The Kier molecular flexibility index (Phi) is 25.7. The predicted molar refractivity (Wildman–Crippen MR) is 136 cm³/mol. The summed E-state index contributed by atoms with van der Waals surface area (Å²) in [5.74, 6) is 0. The Morgan fingerprint density at radius 2 is 0.540 bits per heavy atom. The molecule has 0 saturated carbocycles. The molecule has 0 saturated heterocycles. The maximum absolute atomic E-state index is 11.2. The smallest absolute Gasteiger partial charge is 0.744 e. The second-order valence-electron chi connectivity index (χ2n) is 8.33. The molecular formula is C20H10Na6O18S6. The summed E-state index contributed by atoms with van der Waals surface area (Å²) in [6.45, 7) is 0. The number of hydrogen-bond acceptors (Lipinski definition) is 18. The van der Waals surface area contributed by atoms with Crippen LogP contribution in [0.1, 0.15) is 0 Å². The van der Waals surface area contributed by atoms with Crippen LogP contribution in [0.25, 0.3) is 21.5 Å². The van der Waals surface area contributed by atoms with Gasteiger partial charge in [-0.15, -0.1) is 0 Å². The normalized spacial score (nSPS) is 11.8. The average molecular weight is 869 g/mol. The van der Waals surface area contributed by atoms with Crippen molar-refractivity contribution in [2.75, 3.05) is 0 Å². The molecule has 0 N–H and O–H groups in total. The van der Waals surface area contributed by atoms with Gasteiger partial charge in [0.1, 0.15) is 60.7 Å². The molecule has 0 spiro atoms. The van der Waals surface area contributed by atoms with Crippen LogP contribution in [0.15, 0.2) is 90.0 Å². The molecule has 0 aliphatic rings. The summed E-state index contributed by atoms with van der Waals surface area (Å²) in [6, 6.07) is 6.89. The first-order valence-electron chi connectivity index (χ1n) is 10.5. The molecule has 0 unspecified atom stereocenters. The van der Waals surface area contributed by atoms with Gasteiger partial charge in [0.25, 0.3) is 0 Å². The van der Waals surface area contributed by atoms with E-state index < -0.39 is 101 Å². The van der Waals surface area contributed by atoms with E-state index in [-0.39, 0.29) is 188 Å². The van der Waals surface area contributed by atoms with Crippen molar-refractivity contribution in [1.29, 1.82) is 0 Å². The summed E-state index contributed by atoms with van der Waals surface area (Å²) < 4.78 is 199. The Morgan fingerprint density at radius 1 is 0.300 bits per heavy atom. The van der Waals surface area contributed by atoms with E-state index in [9.17, 15) is 77.8 Å². The second-order valence-corrected chi connectivity index (χ2v) is 16.5. The van der Waals surface area contributed by atoms with E-state index in [1.807, 2.05) is 0 Å². The molecule has 0 fully saturated rings. The number of rotatable bonds is 6. The summed E-state index contributed by atoms with van der Waals surface area (Å²) in [5.41, 5.74) is 0. The molecule has 0 aliphatic heterocycles. The molecule has 30 heteroatoms. The van der Waals surface area contributed by atoms with Crippen LogP contribution in [0, 0.1) is 0 Å². The minimum atomic E-state index is -5.22. The molecule has 0 amide bonds. The SMILES string of the molecule is O=S(=O)([O-])c1cc(S(=O)(=O)[O-])c2cc(S(=O)(=O)[O-])ccc2c1.O=S(=O)([O-])c1cc(S(=O)(=O)[O-])c2cc(S(=O)(=O)[O-])ccc2c1.[Na+].[Na+].[Na+].[Na+].[Na+].[Na+]. The van der Waals surface area contributed by atoms with Gasteiger partial charge >= 0.3 is 177 Å². The van der Waals surface area contributed by atoms with Gasteiger partial charge in [-0.05, 0) is 59.3 Å². The average Bonchev–Trinajstić information content (AvgIpc) is 2.83. The third-order valence-electron chi connectivity index (χ3n) is 5.42. The molecule has 0 atom stereocenters. The van der Waals surface area contributed by atoms with Gasteiger partial charge < -0.3 is 27.3 Å². The van der Waals surface area contributed by atoms with Gasteiger partial charge in [0.05, 0.1) is 29.4 Å². The monoisotopic (exact) mass is 868 g/mol. The molecule has 0 heterocycles. The number of fused-ring (bicyclic) bond motifs is 2. The zero-order chi connectivity index (χ0) is 33.8. The minimum Gasteiger partial charge on any atom is -0.744 e. The van der Waals surface area contributed by atoms with Crippen molar-refractivity contribution in [3.8, 4) is 0 Å². The largest absolute Gasteiger partial charge is 1.00 e. The predicted octanol–water partition coefficient (Wildman–Crippen LogP) is -18.9. The summed E-state index contributed by atoms with van der Waals surface area (Å²) in [6.07, 6.45) is 0. The van der Waals surface area contributed by atoms with E-state index in [0.29, 0.717) is 24.3 Å². The van der Waals surface area contributed by atoms with E-state index >= 15 is 0 Å². The van der Waals surface area contributed by atoms with Gasteiger partial charge in [0.15, 0.2) is 0 Å². The van der Waals surface area contributed by atoms with Crippen molar-refractivity contribution in [2.45, 2.75) is 29.4 Å². The van der Waals surface area contributed by atoms with E-state index in [4.69, 9.17) is 0 Å². The maximum atomic E-state index is 11.2. The van der Waals surface area contributed by atoms with E-state index in [0.717, 1.165) is 36.4 Å². The first-order valence-corrected chi connectivity index (χ1v) is 19.0. The summed E-state index contributed by atoms with van der Waals surface area (Å²) >= 11 is 0. The molecule has 4 rings (SSSR count). The molecule has 0 bridgehead atoms. The van der Waals surface area contributed by atoms with Crippen LogP contribution in [-0.2, 0) is 60.7 Å². The van der Waals surface area contributed by atoms with Gasteiger partial charge in [-0.2, -0.15) is 0 Å². The number of benzene rings is 4. The Hall–Kier alpha value is 2.86. The van der Waals surface area contributed by atoms with Crippen LogP contribution < -0.4 is 177 Å². The van der Waals surface area contributed by atoms with Crippen molar-refractivity contribution >= 4 is 82.3 Å². The van der Waals surface area contributed by atoms with Gasteiger partial charge in [0.2, 0.25) is 0 Å². The third kappa shape index (κ3) is 16.0. The Morgan fingerprint density at radius 3 is 0.740 bits per heavy atom. The first-order chi connectivity index (χ1) is 19.6. The Balaban J connectivity index is -0.000000378. The fourth-order valence-corrected chi connectivity index (χ4v) is 7.21. The van der Waals surface area contributed by atoms with Crippen LogP contribution in [0.4, 0.5) is 0 Å². The molecular weight excluding hydrogens is 859 g/mol. The second kappa shape index (κ2) is 21.6. The van der Waals surface area contributed by atoms with Crippen LogP contribution >= 0.6 is 0 Å². The van der Waals surface area contributed by atoms with Crippen LogP contribution in [0.2, 0.25) is 0 Å². The molecule has 240 valence electrons. The molecule has 4 aromatic carbocycles. The van der Waals surface area contributed by atoms with E-state index in [2.05, 4.69) is 0 Å². The maximum Gasteiger partial charge on any atom is 1.00 e. The zero-order valence-corrected chi connectivity index (χ0v) is 43.5. The number of hydrogen-bond donors (Lipinski definition) is 0. The van der Waals surface area contributed by atoms with Crippen molar-refractivity contribution in [3.05, 3.63) is 60.7 Å². The van der Waals surface area contributed by atoms with Crippen molar-refractivity contribution < 1.29 is 255 Å². The van der Waals surface area contributed by atoms with Crippen molar-refractivity contribution in [1.82, 2.24) is 0 Å². The summed E-state index contributed by atoms with van der Waals surface area (Å²) in [5, 5.41) is -1.34. The quantitative estimate of drug-likeness (QED) is 0.128. The molecule has 0 aliphatic carbocycles. The fourth-order valence-electron chi connectivity index (χ4n) is 3.57. The van der Waals surface area contributed by atoms with Crippen molar-refractivity contribution in [3.63, 3.8) is 0 Å². The molecule has 0 radical (unpaired) electrons. The Labute approximate surface area is 419 Å². The molecule has 18 nitrogen and oxygen atoms in total. The van der Waals surface area contributed by atoms with E-state index in [1.54, 1.807) is 0 Å². The standard InChI is InChI=1S/2C10H8O9S3.6Na/c2*11-20(12,13)7-2-1-6-3-8(21(14,15)16)5-10(9(6)4-7)22(17,18)19;;;;;;/h2*1-5H,(H,11,12,13)(H,14,15,16)(H,17,18,19);;;;;;/q;;6*+1/p-6. The third-order valence-corrected chi connectivity index (χ3v) is 10.5. The van der Waals surface area contributed by atoms with Gasteiger partial charge in [-0.3, -0.25) is 0 Å². The van der Waals surface area contributed by atoms with Gasteiger partial charge in [-0.1, -0.05) is 12.1 Å². The van der Waals surface area contributed by atoms with E-state index in [1.165, 1.54) is 0 Å². The zero-order valence-electron chi connectivity index (χ0n) is 26.6. The van der Waals surface area contributed by atoms with Gasteiger partial charge in [-0.25, -0.2) is 50.5 Å². The fraction of sp³-hybridized carbons (Fsp3) is 0. The summed E-state index contributed by atoms with van der Waals surface area (Å²) in [7, 11) is -30.4. The molecule has 50 heavy (non-hydrogen) atoms. The van der Waals surface area contributed by atoms with Crippen LogP contribution in [0.3, 0.4) is 0 Å². The molecule has 0 aromatic heterocycles. The first kappa shape index (κ1) is 59.6. The van der Waals surface area contributed by atoms with Gasteiger partial charge in [0, 0.05) is 10.8 Å². The van der Waals surface area contributed by atoms with Crippen LogP contribution in [-0.4, -0.2) is 77.8 Å². The Bertz CT molecular complexity index is 2370. The molecule has 4 aromatic rings. The van der Waals surface area contributed by atoms with Crippen molar-refractivity contribution in [2.24, 2.45) is 0 Å².